The molecule has 3 rings (SSSR count). The quantitative estimate of drug-likeness (QED) is 0.675. The summed E-state index contributed by atoms with van der Waals surface area (Å²) >= 11 is 6.00. The zero-order chi connectivity index (χ0) is 16.8. The molecule has 0 bridgehead atoms. The molecule has 4 nitrogen and oxygen atoms in total. The number of aliphatic hydroxyl groups excluding tert-OH is 1. The third kappa shape index (κ3) is 4.23. The average Bonchev–Trinajstić information content (AvgIpc) is 3.08. The highest BCUT2D eigenvalue weighted by Gasteiger charge is 2.12. The van der Waals surface area contributed by atoms with E-state index in [1.807, 2.05) is 54.6 Å². The molecule has 0 aliphatic heterocycles. The molecular formula is C19H19ClN2O2. The lowest BCUT2D eigenvalue weighted by Crippen LogP contribution is -2.22. The molecule has 1 aromatic heterocycles. The first-order chi connectivity index (χ1) is 11.8. The van der Waals surface area contributed by atoms with E-state index in [1.165, 1.54) is 0 Å². The largest absolute Gasteiger partial charge is 0.444 e. The van der Waals surface area contributed by atoms with Crippen molar-refractivity contribution >= 4 is 11.6 Å². The van der Waals surface area contributed by atoms with Crippen LogP contribution in [0.15, 0.2) is 65.3 Å². The minimum atomic E-state index is 0.0718. The van der Waals surface area contributed by atoms with Gasteiger partial charge in [-0.3, -0.25) is 0 Å². The Bertz CT molecular complexity index is 774. The maximum Gasteiger partial charge on any atom is 0.226 e. The van der Waals surface area contributed by atoms with E-state index in [4.69, 9.17) is 16.0 Å². The summed E-state index contributed by atoms with van der Waals surface area (Å²) in [6, 6.07) is 17.6. The van der Waals surface area contributed by atoms with Gasteiger partial charge in [0.1, 0.15) is 6.26 Å². The molecule has 124 valence electrons. The average molecular weight is 343 g/mol. The summed E-state index contributed by atoms with van der Waals surface area (Å²) in [5, 5.41) is 13.4. The highest BCUT2D eigenvalue weighted by Crippen LogP contribution is 2.22. The molecule has 0 saturated heterocycles. The number of benzene rings is 2. The number of hydrogen-bond acceptors (Lipinski definition) is 4. The first kappa shape index (κ1) is 16.7. The first-order valence-corrected chi connectivity index (χ1v) is 8.23. The van der Waals surface area contributed by atoms with Gasteiger partial charge in [-0.25, -0.2) is 4.98 Å². The fraction of sp³-hybridized carbons (Fsp3) is 0.211. The van der Waals surface area contributed by atoms with Crippen LogP contribution in [-0.2, 0) is 6.54 Å². The number of aromatic nitrogens is 1. The fourth-order valence-electron chi connectivity index (χ4n) is 2.57. The predicted molar refractivity (Wildman–Crippen MR) is 94.7 cm³/mol. The van der Waals surface area contributed by atoms with Gasteiger partial charge < -0.3 is 14.8 Å². The lowest BCUT2D eigenvalue weighted by atomic mass is 10.0. The fourth-order valence-corrected chi connectivity index (χ4v) is 2.76. The van der Waals surface area contributed by atoms with E-state index >= 15 is 0 Å². The highest BCUT2D eigenvalue weighted by molar-refractivity contribution is 6.30. The number of aliphatic hydroxyl groups is 1. The predicted octanol–water partition coefficient (Wildman–Crippen LogP) is 4.21. The molecule has 2 aromatic carbocycles. The molecule has 5 heteroatoms. The number of rotatable bonds is 7. The molecule has 1 heterocycles. The zero-order valence-electron chi connectivity index (χ0n) is 13.2. The van der Waals surface area contributed by atoms with E-state index in [0.717, 1.165) is 16.8 Å². The Morgan fingerprint density at radius 1 is 1.12 bits per heavy atom. The van der Waals surface area contributed by atoms with E-state index in [9.17, 15) is 5.11 Å². The molecular weight excluding hydrogens is 324 g/mol. The standard InChI is InChI=1S/C19H19ClN2O2/c20-16-8-4-7-15(11-16)19-22-17(13-24-19)12-21-18(9-10-23)14-5-2-1-3-6-14/h1-8,11,13,18,21,23H,9-10,12H2. The lowest BCUT2D eigenvalue weighted by molar-refractivity contribution is 0.265. The van der Waals surface area contributed by atoms with Crippen molar-refractivity contribution in [1.29, 1.82) is 0 Å². The topological polar surface area (TPSA) is 58.3 Å². The van der Waals surface area contributed by atoms with Crippen molar-refractivity contribution in [3.05, 3.63) is 77.1 Å². The minimum absolute atomic E-state index is 0.0718. The van der Waals surface area contributed by atoms with Crippen molar-refractivity contribution in [3.63, 3.8) is 0 Å². The molecule has 0 aliphatic carbocycles. The van der Waals surface area contributed by atoms with Gasteiger partial charge in [-0.2, -0.15) is 0 Å². The molecule has 0 saturated carbocycles. The zero-order valence-corrected chi connectivity index (χ0v) is 13.9. The van der Waals surface area contributed by atoms with Crippen LogP contribution in [0.25, 0.3) is 11.5 Å². The van der Waals surface area contributed by atoms with Gasteiger partial charge in [0.15, 0.2) is 0 Å². The maximum absolute atomic E-state index is 9.29. The molecule has 24 heavy (non-hydrogen) atoms. The molecule has 1 unspecified atom stereocenters. The Kier molecular flexibility index (Phi) is 5.64. The van der Waals surface area contributed by atoms with Gasteiger partial charge in [0.25, 0.3) is 0 Å². The molecule has 0 aliphatic rings. The molecule has 2 N–H and O–H groups in total. The van der Waals surface area contributed by atoms with Crippen LogP contribution >= 0.6 is 11.6 Å². The molecule has 0 radical (unpaired) electrons. The summed E-state index contributed by atoms with van der Waals surface area (Å²) in [6.07, 6.45) is 2.28. The van der Waals surface area contributed by atoms with Gasteiger partial charge in [0.05, 0.1) is 5.69 Å². The molecule has 0 spiro atoms. The van der Waals surface area contributed by atoms with Crippen molar-refractivity contribution in [3.8, 4) is 11.5 Å². The third-order valence-electron chi connectivity index (χ3n) is 3.77. The van der Waals surface area contributed by atoms with E-state index in [0.29, 0.717) is 23.9 Å². The van der Waals surface area contributed by atoms with E-state index in [2.05, 4.69) is 10.3 Å². The summed E-state index contributed by atoms with van der Waals surface area (Å²) in [5.74, 6) is 0.549. The Labute approximate surface area is 146 Å². The Morgan fingerprint density at radius 3 is 2.71 bits per heavy atom. The van der Waals surface area contributed by atoms with Gasteiger partial charge in [-0.05, 0) is 30.2 Å². The molecule has 0 fully saturated rings. The number of hydrogen-bond donors (Lipinski definition) is 2. The maximum atomic E-state index is 9.29. The minimum Gasteiger partial charge on any atom is -0.444 e. The first-order valence-electron chi connectivity index (χ1n) is 7.86. The summed E-state index contributed by atoms with van der Waals surface area (Å²) in [5.41, 5.74) is 2.80. The normalized spacial score (nSPS) is 12.2. The number of nitrogens with one attached hydrogen (secondary N) is 1. The highest BCUT2D eigenvalue weighted by atomic mass is 35.5. The van der Waals surface area contributed by atoms with Gasteiger partial charge in [-0.1, -0.05) is 48.0 Å². The van der Waals surface area contributed by atoms with Crippen LogP contribution in [0.3, 0.4) is 0 Å². The van der Waals surface area contributed by atoms with Crippen LogP contribution in [0, 0.1) is 0 Å². The van der Waals surface area contributed by atoms with Crippen LogP contribution in [0.1, 0.15) is 23.7 Å². The smallest absolute Gasteiger partial charge is 0.226 e. The number of oxazole rings is 1. The Balaban J connectivity index is 1.68. The summed E-state index contributed by atoms with van der Waals surface area (Å²) in [7, 11) is 0. The van der Waals surface area contributed by atoms with Crippen molar-refractivity contribution in [1.82, 2.24) is 10.3 Å². The van der Waals surface area contributed by atoms with Crippen LogP contribution in [-0.4, -0.2) is 16.7 Å². The molecule has 1 atom stereocenters. The van der Waals surface area contributed by atoms with Crippen molar-refractivity contribution < 1.29 is 9.52 Å². The van der Waals surface area contributed by atoms with Gasteiger partial charge in [-0.15, -0.1) is 0 Å². The van der Waals surface area contributed by atoms with E-state index < -0.39 is 0 Å². The lowest BCUT2D eigenvalue weighted by Gasteiger charge is -2.17. The van der Waals surface area contributed by atoms with Crippen molar-refractivity contribution in [2.75, 3.05) is 6.61 Å². The second-order valence-electron chi connectivity index (χ2n) is 5.51. The van der Waals surface area contributed by atoms with Gasteiger partial charge in [0.2, 0.25) is 5.89 Å². The molecule has 3 aromatic rings. The van der Waals surface area contributed by atoms with Crippen LogP contribution < -0.4 is 5.32 Å². The van der Waals surface area contributed by atoms with Gasteiger partial charge >= 0.3 is 0 Å². The second-order valence-corrected chi connectivity index (χ2v) is 5.95. The SMILES string of the molecule is OCCC(NCc1coc(-c2cccc(Cl)c2)n1)c1ccccc1. The van der Waals surface area contributed by atoms with Gasteiger partial charge in [0, 0.05) is 29.8 Å². The van der Waals surface area contributed by atoms with Crippen molar-refractivity contribution in [2.24, 2.45) is 0 Å². The number of halogens is 1. The second kappa shape index (κ2) is 8.11. The van der Waals surface area contributed by atoms with E-state index in [1.54, 1.807) is 6.26 Å². The Morgan fingerprint density at radius 2 is 1.96 bits per heavy atom. The number of nitrogens with zero attached hydrogens (tertiary/aromatic N) is 1. The van der Waals surface area contributed by atoms with Crippen LogP contribution in [0.5, 0.6) is 0 Å². The Hall–Kier alpha value is -2.14. The monoisotopic (exact) mass is 342 g/mol. The van der Waals surface area contributed by atoms with E-state index in [-0.39, 0.29) is 12.6 Å². The van der Waals surface area contributed by atoms with Crippen molar-refractivity contribution in [2.45, 2.75) is 19.0 Å². The molecule has 0 amide bonds. The third-order valence-corrected chi connectivity index (χ3v) is 4.01. The van der Waals surface area contributed by atoms with Crippen LogP contribution in [0.2, 0.25) is 5.02 Å². The summed E-state index contributed by atoms with van der Waals surface area (Å²) in [4.78, 5) is 4.50. The van der Waals surface area contributed by atoms with Crippen LogP contribution in [0.4, 0.5) is 0 Å². The summed E-state index contributed by atoms with van der Waals surface area (Å²) < 4.78 is 5.54. The summed E-state index contributed by atoms with van der Waals surface area (Å²) in [6.45, 7) is 0.683.